The SMILES string of the molecule is C[n+]1cc[nH]c1CC(=O)O.F[B-](F)(F)F. The van der Waals surface area contributed by atoms with Gasteiger partial charge in [-0.1, -0.05) is 0 Å². The summed E-state index contributed by atoms with van der Waals surface area (Å²) < 4.78 is 40.7. The Bertz CT molecular complexity index is 319. The zero-order valence-electron chi connectivity index (χ0n) is 7.75. The summed E-state index contributed by atoms with van der Waals surface area (Å²) in [6, 6.07) is 0. The van der Waals surface area contributed by atoms with Crippen LogP contribution in [0.25, 0.3) is 0 Å². The van der Waals surface area contributed by atoms with E-state index >= 15 is 0 Å². The van der Waals surface area contributed by atoms with Crippen molar-refractivity contribution in [2.24, 2.45) is 7.05 Å². The second kappa shape index (κ2) is 5.37. The second-order valence-corrected chi connectivity index (χ2v) is 2.58. The number of aromatic amines is 1. The van der Waals surface area contributed by atoms with Gasteiger partial charge in [-0.15, -0.1) is 0 Å². The average molecular weight is 228 g/mol. The van der Waals surface area contributed by atoms with Gasteiger partial charge in [-0.2, -0.15) is 0 Å². The number of aromatic nitrogens is 2. The van der Waals surface area contributed by atoms with Gasteiger partial charge in [0.1, 0.15) is 18.8 Å². The molecule has 0 aliphatic heterocycles. The molecule has 9 heteroatoms. The molecule has 0 spiro atoms. The first kappa shape index (κ1) is 13.5. The van der Waals surface area contributed by atoms with Crippen LogP contribution in [0, 0.1) is 0 Å². The van der Waals surface area contributed by atoms with Crippen molar-refractivity contribution in [2.75, 3.05) is 0 Å². The number of hydrogen-bond acceptors (Lipinski definition) is 1. The maximum atomic E-state index is 10.2. The predicted molar refractivity (Wildman–Crippen MR) is 43.5 cm³/mol. The smallest absolute Gasteiger partial charge is 0.481 e. The Morgan fingerprint density at radius 1 is 1.53 bits per heavy atom. The van der Waals surface area contributed by atoms with Gasteiger partial charge in [0.15, 0.2) is 0 Å². The van der Waals surface area contributed by atoms with E-state index in [1.54, 1.807) is 24.0 Å². The predicted octanol–water partition coefficient (Wildman–Crippen LogP) is 0.766. The van der Waals surface area contributed by atoms with E-state index in [-0.39, 0.29) is 6.42 Å². The first-order valence-electron chi connectivity index (χ1n) is 3.81. The molecule has 0 amide bonds. The minimum Gasteiger partial charge on any atom is -0.481 e. The molecule has 0 atom stereocenters. The molecule has 0 saturated carbocycles. The van der Waals surface area contributed by atoms with Crippen LogP contribution in [0.3, 0.4) is 0 Å². The average Bonchev–Trinajstić information content (AvgIpc) is 2.31. The normalized spacial score (nSPS) is 10.5. The minimum absolute atomic E-state index is 0.0451. The van der Waals surface area contributed by atoms with E-state index in [2.05, 4.69) is 4.98 Å². The lowest BCUT2D eigenvalue weighted by Crippen LogP contribution is -2.31. The van der Waals surface area contributed by atoms with Gasteiger partial charge < -0.3 is 22.4 Å². The number of imidazole rings is 1. The standard InChI is InChI=1S/C6H8N2O2.BF4/c1-8-3-2-7-5(8)4-6(9)10;2-1(3,4)5/h2-3H,4H2,1H3,(H,9,10);/q;-1/p+1. The maximum absolute atomic E-state index is 10.2. The fourth-order valence-electron chi connectivity index (χ4n) is 0.756. The van der Waals surface area contributed by atoms with Crippen LogP contribution in [0.2, 0.25) is 0 Å². The van der Waals surface area contributed by atoms with E-state index in [1.807, 2.05) is 0 Å². The highest BCUT2D eigenvalue weighted by Gasteiger charge is 2.20. The van der Waals surface area contributed by atoms with Crippen LogP contribution in [-0.2, 0) is 18.3 Å². The van der Waals surface area contributed by atoms with Gasteiger partial charge in [-0.05, 0) is 0 Å². The highest BCUT2D eigenvalue weighted by molar-refractivity contribution is 6.50. The Balaban J connectivity index is 0.000000336. The number of rotatable bonds is 2. The van der Waals surface area contributed by atoms with Crippen molar-refractivity contribution in [3.63, 3.8) is 0 Å². The summed E-state index contributed by atoms with van der Waals surface area (Å²) in [4.78, 5) is 13.0. The summed E-state index contributed by atoms with van der Waals surface area (Å²) in [5.41, 5.74) is 0. The van der Waals surface area contributed by atoms with Gasteiger partial charge in [0.25, 0.3) is 5.82 Å². The summed E-state index contributed by atoms with van der Waals surface area (Å²) in [6.07, 6.45) is 3.53. The molecule has 0 radical (unpaired) electrons. The Morgan fingerprint density at radius 2 is 2.00 bits per heavy atom. The third-order valence-electron chi connectivity index (χ3n) is 1.29. The van der Waals surface area contributed by atoms with Crippen LogP contribution >= 0.6 is 0 Å². The van der Waals surface area contributed by atoms with E-state index in [9.17, 15) is 22.1 Å². The topological polar surface area (TPSA) is 57.0 Å². The largest absolute Gasteiger partial charge is 0.673 e. The second-order valence-electron chi connectivity index (χ2n) is 2.58. The quantitative estimate of drug-likeness (QED) is 0.446. The molecule has 0 fully saturated rings. The lowest BCUT2D eigenvalue weighted by molar-refractivity contribution is -0.677. The van der Waals surface area contributed by atoms with E-state index < -0.39 is 13.2 Å². The fourth-order valence-corrected chi connectivity index (χ4v) is 0.756. The minimum atomic E-state index is -6.00. The molecule has 0 aliphatic rings. The zero-order chi connectivity index (χ0) is 12.1. The van der Waals surface area contributed by atoms with Gasteiger partial charge >= 0.3 is 13.2 Å². The van der Waals surface area contributed by atoms with Gasteiger partial charge in [0.05, 0.1) is 7.05 Å². The first-order valence-corrected chi connectivity index (χ1v) is 3.81. The number of halogens is 4. The summed E-state index contributed by atoms with van der Waals surface area (Å²) in [5.74, 6) is -0.120. The Labute approximate surface area is 82.6 Å². The Hall–Kier alpha value is -1.54. The van der Waals surface area contributed by atoms with Crippen LogP contribution in [-0.4, -0.2) is 23.3 Å². The number of carbonyl (C=O) groups is 1. The molecule has 15 heavy (non-hydrogen) atoms. The van der Waals surface area contributed by atoms with Crippen molar-refractivity contribution in [3.05, 3.63) is 18.2 Å². The van der Waals surface area contributed by atoms with E-state index in [1.165, 1.54) is 0 Å². The summed E-state index contributed by atoms with van der Waals surface area (Å²) in [7, 11) is -4.20. The number of H-pyrrole nitrogens is 1. The number of aryl methyl sites for hydroxylation is 1. The molecular formula is C6H9BF4N2O2. The molecule has 0 aromatic carbocycles. The molecule has 0 unspecified atom stereocenters. The number of nitrogens with zero attached hydrogens (tertiary/aromatic N) is 1. The summed E-state index contributed by atoms with van der Waals surface area (Å²) in [6.45, 7) is 0. The van der Waals surface area contributed by atoms with Crippen molar-refractivity contribution in [1.82, 2.24) is 4.98 Å². The third-order valence-corrected chi connectivity index (χ3v) is 1.29. The van der Waals surface area contributed by atoms with E-state index in [0.717, 1.165) is 0 Å². The Kier molecular flexibility index (Phi) is 4.82. The van der Waals surface area contributed by atoms with Crippen LogP contribution in [0.4, 0.5) is 17.3 Å². The van der Waals surface area contributed by atoms with Crippen LogP contribution in [0.1, 0.15) is 5.82 Å². The highest BCUT2D eigenvalue weighted by atomic mass is 19.5. The Morgan fingerprint density at radius 3 is 2.27 bits per heavy atom. The molecule has 2 N–H and O–H groups in total. The number of hydrogen-bond donors (Lipinski definition) is 2. The monoisotopic (exact) mass is 228 g/mol. The van der Waals surface area contributed by atoms with Crippen molar-refractivity contribution < 1.29 is 31.7 Å². The molecule has 0 aliphatic carbocycles. The zero-order valence-corrected chi connectivity index (χ0v) is 7.75. The molecule has 0 bridgehead atoms. The summed E-state index contributed by atoms with van der Waals surface area (Å²) in [5, 5.41) is 8.38. The highest BCUT2D eigenvalue weighted by Crippen LogP contribution is 2.06. The first-order chi connectivity index (χ1) is 6.70. The molecule has 86 valence electrons. The number of carboxylic acids is 1. The molecule has 1 aromatic heterocycles. The van der Waals surface area contributed by atoms with E-state index in [0.29, 0.717) is 5.82 Å². The fraction of sp³-hybridized carbons (Fsp3) is 0.333. The summed E-state index contributed by atoms with van der Waals surface area (Å²) >= 11 is 0. The van der Waals surface area contributed by atoms with Gasteiger partial charge in [-0.25, -0.2) is 9.55 Å². The van der Waals surface area contributed by atoms with Gasteiger partial charge in [0, 0.05) is 0 Å². The van der Waals surface area contributed by atoms with Crippen molar-refractivity contribution in [1.29, 1.82) is 0 Å². The number of carboxylic acid groups (broad SMARTS) is 1. The van der Waals surface area contributed by atoms with Crippen LogP contribution in [0.5, 0.6) is 0 Å². The molecule has 0 saturated heterocycles. The third kappa shape index (κ3) is 8.79. The molecule has 4 nitrogen and oxygen atoms in total. The van der Waals surface area contributed by atoms with E-state index in [4.69, 9.17) is 5.11 Å². The maximum Gasteiger partial charge on any atom is 0.673 e. The van der Waals surface area contributed by atoms with Crippen molar-refractivity contribution in [3.8, 4) is 0 Å². The lowest BCUT2D eigenvalue weighted by atomic mass is 10.3. The van der Waals surface area contributed by atoms with Crippen molar-refractivity contribution >= 4 is 13.2 Å². The van der Waals surface area contributed by atoms with Crippen LogP contribution in [0.15, 0.2) is 12.4 Å². The van der Waals surface area contributed by atoms with Gasteiger partial charge in [0.2, 0.25) is 0 Å². The van der Waals surface area contributed by atoms with Crippen LogP contribution < -0.4 is 4.57 Å². The lowest BCUT2D eigenvalue weighted by Gasteiger charge is -1.94. The molecular weight excluding hydrogens is 219 g/mol. The number of aliphatic carboxylic acids is 1. The molecule has 1 rings (SSSR count). The van der Waals surface area contributed by atoms with Crippen molar-refractivity contribution in [2.45, 2.75) is 6.42 Å². The number of nitrogens with one attached hydrogen (secondary N) is 1. The molecule has 1 aromatic rings. The molecule has 1 heterocycles. The van der Waals surface area contributed by atoms with Gasteiger partial charge in [-0.3, -0.25) is 4.79 Å².